The van der Waals surface area contributed by atoms with Crippen LogP contribution in [0.5, 0.6) is 5.75 Å². The van der Waals surface area contributed by atoms with Gasteiger partial charge in [0.05, 0.1) is 18.9 Å². The summed E-state index contributed by atoms with van der Waals surface area (Å²) in [5, 5.41) is 2.32. The molecule has 1 unspecified atom stereocenters. The molecule has 7 nitrogen and oxygen atoms in total. The van der Waals surface area contributed by atoms with Gasteiger partial charge in [-0.15, -0.1) is 0 Å². The van der Waals surface area contributed by atoms with Gasteiger partial charge in [0.2, 0.25) is 5.91 Å². The monoisotopic (exact) mass is 400 g/mol. The second-order valence-corrected chi connectivity index (χ2v) is 7.46. The molecule has 0 spiro atoms. The van der Waals surface area contributed by atoms with Crippen molar-refractivity contribution in [3.63, 3.8) is 0 Å². The van der Waals surface area contributed by atoms with Crippen LogP contribution in [-0.4, -0.2) is 31.4 Å². The van der Waals surface area contributed by atoms with Crippen LogP contribution in [0.3, 0.4) is 0 Å². The maximum Gasteiger partial charge on any atom is 0.344 e. The smallest absolute Gasteiger partial charge is 0.344 e. The molecule has 0 saturated carbocycles. The van der Waals surface area contributed by atoms with Gasteiger partial charge in [0.15, 0.2) is 23.7 Å². The van der Waals surface area contributed by atoms with Crippen LogP contribution in [0.15, 0.2) is 0 Å². The van der Waals surface area contributed by atoms with Crippen LogP contribution in [0.25, 0.3) is 0 Å². The summed E-state index contributed by atoms with van der Waals surface area (Å²) in [5.74, 6) is -4.76. The van der Waals surface area contributed by atoms with Crippen LogP contribution in [0.2, 0.25) is 0 Å². The first kappa shape index (κ1) is 21.9. The van der Waals surface area contributed by atoms with Crippen LogP contribution in [0, 0.1) is 17.0 Å². The molecule has 0 radical (unpaired) electrons. The highest BCUT2D eigenvalue weighted by molar-refractivity contribution is 6.05. The molecule has 1 aliphatic rings. The molecule has 1 aromatic rings. The summed E-state index contributed by atoms with van der Waals surface area (Å²) in [6, 6.07) is 0. The fraction of sp³-hybridized carbons (Fsp3) is 0.579. The number of ether oxygens (including phenoxy) is 3. The Morgan fingerprint density at radius 2 is 1.93 bits per heavy atom. The van der Waals surface area contributed by atoms with E-state index in [1.54, 1.807) is 27.7 Å². The lowest BCUT2D eigenvalue weighted by molar-refractivity contribution is -0.123. The van der Waals surface area contributed by atoms with Gasteiger partial charge in [0.25, 0.3) is 0 Å². The van der Waals surface area contributed by atoms with Crippen molar-refractivity contribution in [2.24, 2.45) is 5.41 Å². The number of halogens is 2. The maximum atomic E-state index is 14.8. The SMILES string of the molecule is CCOC(=O)c1c(NC(=O)C(C)(C)C)c(F)c(N)c(F)c1OC1CCCCO1. The summed E-state index contributed by atoms with van der Waals surface area (Å²) in [7, 11) is 0. The van der Waals surface area contributed by atoms with Gasteiger partial charge in [-0.3, -0.25) is 4.79 Å². The third-order valence-corrected chi connectivity index (χ3v) is 4.16. The van der Waals surface area contributed by atoms with Crippen LogP contribution in [-0.2, 0) is 14.3 Å². The zero-order valence-corrected chi connectivity index (χ0v) is 16.5. The first-order chi connectivity index (χ1) is 13.1. The summed E-state index contributed by atoms with van der Waals surface area (Å²) in [6.45, 7) is 6.71. The number of nitrogens with one attached hydrogen (secondary N) is 1. The third kappa shape index (κ3) is 4.70. The van der Waals surface area contributed by atoms with E-state index in [1.807, 2.05) is 0 Å². The minimum absolute atomic E-state index is 0.0432. The van der Waals surface area contributed by atoms with Crippen molar-refractivity contribution < 1.29 is 32.6 Å². The minimum atomic E-state index is -1.27. The van der Waals surface area contributed by atoms with Gasteiger partial charge in [-0.2, -0.15) is 0 Å². The standard InChI is InChI=1S/C19H26F2N2O5/c1-5-26-17(24)11-15(23-18(25)19(2,3)4)12(20)14(22)13(21)16(11)28-10-8-6-7-9-27-10/h10H,5-9,22H2,1-4H3,(H,23,25). The summed E-state index contributed by atoms with van der Waals surface area (Å²) < 4.78 is 45.4. The van der Waals surface area contributed by atoms with Crippen LogP contribution >= 0.6 is 0 Å². The topological polar surface area (TPSA) is 99.9 Å². The number of hydrogen-bond donors (Lipinski definition) is 2. The number of nitrogens with two attached hydrogens (primary N) is 1. The molecule has 156 valence electrons. The molecule has 1 fully saturated rings. The summed E-state index contributed by atoms with van der Waals surface area (Å²) in [6.07, 6.45) is 1.24. The molecule has 9 heteroatoms. The normalized spacial score (nSPS) is 17.1. The molecular weight excluding hydrogens is 374 g/mol. The lowest BCUT2D eigenvalue weighted by Crippen LogP contribution is -2.31. The zero-order valence-electron chi connectivity index (χ0n) is 16.5. The number of anilines is 2. The molecular formula is C19H26F2N2O5. The zero-order chi connectivity index (χ0) is 21.1. The molecule has 1 atom stereocenters. The number of rotatable bonds is 5. The highest BCUT2D eigenvalue weighted by atomic mass is 19.1. The van der Waals surface area contributed by atoms with Gasteiger partial charge >= 0.3 is 5.97 Å². The van der Waals surface area contributed by atoms with Gasteiger partial charge in [-0.25, -0.2) is 13.6 Å². The Morgan fingerprint density at radius 1 is 1.25 bits per heavy atom. The van der Waals surface area contributed by atoms with Gasteiger partial charge in [-0.1, -0.05) is 20.8 Å². The van der Waals surface area contributed by atoms with E-state index in [9.17, 15) is 18.4 Å². The lowest BCUT2D eigenvalue weighted by Gasteiger charge is -2.26. The highest BCUT2D eigenvalue weighted by Gasteiger charge is 2.34. The van der Waals surface area contributed by atoms with E-state index < -0.39 is 57.9 Å². The van der Waals surface area contributed by atoms with E-state index in [0.29, 0.717) is 13.0 Å². The largest absolute Gasteiger partial charge is 0.462 e. The average Bonchev–Trinajstić information content (AvgIpc) is 2.64. The molecule has 3 N–H and O–H groups in total. The molecule has 1 aromatic carbocycles. The summed E-state index contributed by atoms with van der Waals surface area (Å²) >= 11 is 0. The predicted octanol–water partition coefficient (Wildman–Crippen LogP) is 3.61. The molecule has 2 rings (SSSR count). The lowest BCUT2D eigenvalue weighted by atomic mass is 9.95. The highest BCUT2D eigenvalue weighted by Crippen LogP contribution is 2.39. The minimum Gasteiger partial charge on any atom is -0.462 e. The number of hydrogen-bond acceptors (Lipinski definition) is 6. The van der Waals surface area contributed by atoms with Crippen molar-refractivity contribution in [2.45, 2.75) is 53.2 Å². The molecule has 1 aliphatic heterocycles. The summed E-state index contributed by atoms with van der Waals surface area (Å²) in [5.41, 5.74) is 2.61. The van der Waals surface area contributed by atoms with Gasteiger partial charge in [0.1, 0.15) is 11.3 Å². The van der Waals surface area contributed by atoms with Crippen molar-refractivity contribution in [3.8, 4) is 5.75 Å². The van der Waals surface area contributed by atoms with Crippen molar-refractivity contribution in [1.82, 2.24) is 0 Å². The van der Waals surface area contributed by atoms with E-state index in [1.165, 1.54) is 0 Å². The number of benzene rings is 1. The van der Waals surface area contributed by atoms with Crippen LogP contribution in [0.4, 0.5) is 20.2 Å². The van der Waals surface area contributed by atoms with Gasteiger partial charge in [-0.05, 0) is 19.8 Å². The Morgan fingerprint density at radius 3 is 2.46 bits per heavy atom. The second-order valence-electron chi connectivity index (χ2n) is 7.46. The van der Waals surface area contributed by atoms with Crippen molar-refractivity contribution in [1.29, 1.82) is 0 Å². The molecule has 0 aliphatic carbocycles. The van der Waals surface area contributed by atoms with Crippen molar-refractivity contribution in [2.75, 3.05) is 24.3 Å². The van der Waals surface area contributed by atoms with E-state index >= 15 is 0 Å². The first-order valence-electron chi connectivity index (χ1n) is 9.15. The maximum absolute atomic E-state index is 14.8. The Labute approximate surface area is 162 Å². The Bertz CT molecular complexity index is 756. The fourth-order valence-corrected chi connectivity index (χ4v) is 2.55. The average molecular weight is 400 g/mol. The molecule has 28 heavy (non-hydrogen) atoms. The molecule has 1 saturated heterocycles. The van der Waals surface area contributed by atoms with Crippen LogP contribution < -0.4 is 15.8 Å². The number of amides is 1. The quantitative estimate of drug-likeness (QED) is 0.579. The van der Waals surface area contributed by atoms with E-state index in [4.69, 9.17) is 19.9 Å². The van der Waals surface area contributed by atoms with E-state index in [-0.39, 0.29) is 6.61 Å². The molecule has 0 aromatic heterocycles. The third-order valence-electron chi connectivity index (χ3n) is 4.16. The van der Waals surface area contributed by atoms with E-state index in [2.05, 4.69) is 5.32 Å². The second kappa shape index (κ2) is 8.72. The van der Waals surface area contributed by atoms with Crippen LogP contribution in [0.1, 0.15) is 57.3 Å². The molecule has 0 bridgehead atoms. The molecule has 1 heterocycles. The van der Waals surface area contributed by atoms with Crippen molar-refractivity contribution in [3.05, 3.63) is 17.2 Å². The summed E-state index contributed by atoms with van der Waals surface area (Å²) in [4.78, 5) is 24.9. The van der Waals surface area contributed by atoms with E-state index in [0.717, 1.165) is 12.8 Å². The fourth-order valence-electron chi connectivity index (χ4n) is 2.55. The Balaban J connectivity index is 2.60. The number of nitrogen functional groups attached to an aromatic ring is 1. The Hall–Kier alpha value is -2.42. The van der Waals surface area contributed by atoms with Crippen molar-refractivity contribution >= 4 is 23.3 Å². The van der Waals surface area contributed by atoms with Gasteiger partial charge < -0.3 is 25.3 Å². The number of carbonyl (C=O) groups excluding carboxylic acids is 2. The number of carbonyl (C=O) groups is 2. The van der Waals surface area contributed by atoms with Gasteiger partial charge in [0, 0.05) is 11.8 Å². The first-order valence-corrected chi connectivity index (χ1v) is 9.15. The predicted molar refractivity (Wildman–Crippen MR) is 99.0 cm³/mol. The number of esters is 1. The molecule has 1 amide bonds. The Kier molecular flexibility index (Phi) is 6.82.